The van der Waals surface area contributed by atoms with E-state index in [9.17, 15) is 4.79 Å². The summed E-state index contributed by atoms with van der Waals surface area (Å²) in [5.74, 6) is 0.0960. The molecule has 1 aliphatic rings. The minimum absolute atomic E-state index is 0.0995. The number of carboxylic acid groups (broad SMARTS) is 1. The topological polar surface area (TPSA) is 72.5 Å². The van der Waals surface area contributed by atoms with Crippen LogP contribution in [0.2, 0.25) is 0 Å². The van der Waals surface area contributed by atoms with Crippen LogP contribution in [0, 0.1) is 11.8 Å². The molecule has 3 atom stereocenters. The largest absolute Gasteiger partial charge is 0.480 e. The summed E-state index contributed by atoms with van der Waals surface area (Å²) in [5.41, 5.74) is 5.33. The highest BCUT2D eigenvalue weighted by atomic mass is 16.5. The summed E-state index contributed by atoms with van der Waals surface area (Å²) in [6.45, 7) is 2.89. The number of hydrogen-bond donors (Lipinski definition) is 2. The van der Waals surface area contributed by atoms with Crippen molar-refractivity contribution in [3.63, 3.8) is 0 Å². The summed E-state index contributed by atoms with van der Waals surface area (Å²) in [7, 11) is 0. The molecule has 86 valence electrons. The van der Waals surface area contributed by atoms with Crippen LogP contribution in [0.5, 0.6) is 0 Å². The maximum Gasteiger partial charge on any atom is 0.322 e. The van der Waals surface area contributed by atoms with Gasteiger partial charge in [0, 0.05) is 0 Å². The molecule has 0 amide bonds. The number of rotatable bonds is 5. The van der Waals surface area contributed by atoms with Gasteiger partial charge < -0.3 is 15.6 Å². The van der Waals surface area contributed by atoms with Crippen molar-refractivity contribution in [3.8, 4) is 0 Å². The first-order valence-electron chi connectivity index (χ1n) is 5.32. The van der Waals surface area contributed by atoms with Crippen LogP contribution in [-0.2, 0) is 9.53 Å². The third-order valence-corrected chi connectivity index (χ3v) is 2.86. The van der Waals surface area contributed by atoms with Gasteiger partial charge in [0.15, 0.2) is 0 Å². The van der Waals surface area contributed by atoms with Crippen LogP contribution in [0.15, 0.2) is 12.2 Å². The van der Waals surface area contributed by atoms with E-state index < -0.39 is 12.0 Å². The summed E-state index contributed by atoms with van der Waals surface area (Å²) in [5, 5.41) is 8.55. The van der Waals surface area contributed by atoms with Crippen LogP contribution < -0.4 is 5.73 Å². The van der Waals surface area contributed by atoms with Crippen LogP contribution in [0.25, 0.3) is 0 Å². The fourth-order valence-electron chi connectivity index (χ4n) is 1.66. The molecule has 1 aliphatic carbocycles. The zero-order valence-electron chi connectivity index (χ0n) is 9.06. The maximum absolute atomic E-state index is 10.4. The average molecular weight is 213 g/mol. The van der Waals surface area contributed by atoms with Gasteiger partial charge in [-0.1, -0.05) is 19.1 Å². The second-order valence-corrected chi connectivity index (χ2v) is 4.16. The van der Waals surface area contributed by atoms with E-state index in [0.717, 1.165) is 12.8 Å². The molecular formula is C11H19NO3. The predicted molar refractivity (Wildman–Crippen MR) is 57.5 cm³/mol. The van der Waals surface area contributed by atoms with E-state index >= 15 is 0 Å². The van der Waals surface area contributed by atoms with Crippen molar-refractivity contribution >= 4 is 5.97 Å². The fraction of sp³-hybridized carbons (Fsp3) is 0.727. The smallest absolute Gasteiger partial charge is 0.322 e. The van der Waals surface area contributed by atoms with Crippen molar-refractivity contribution in [2.45, 2.75) is 25.8 Å². The summed E-state index contributed by atoms with van der Waals surface area (Å²) in [6, 6.07) is -0.903. The lowest BCUT2D eigenvalue weighted by Crippen LogP contribution is -2.35. The van der Waals surface area contributed by atoms with Gasteiger partial charge in [-0.25, -0.2) is 0 Å². The van der Waals surface area contributed by atoms with E-state index in [2.05, 4.69) is 19.1 Å². The van der Waals surface area contributed by atoms with Crippen LogP contribution in [0.4, 0.5) is 0 Å². The van der Waals surface area contributed by atoms with E-state index in [0.29, 0.717) is 18.4 Å². The Kier molecular flexibility index (Phi) is 4.78. The Morgan fingerprint density at radius 3 is 2.87 bits per heavy atom. The average Bonchev–Trinajstić information content (AvgIpc) is 2.20. The van der Waals surface area contributed by atoms with Gasteiger partial charge in [0.2, 0.25) is 0 Å². The number of aliphatic carboxylic acids is 1. The molecule has 3 unspecified atom stereocenters. The monoisotopic (exact) mass is 213 g/mol. The summed E-state index contributed by atoms with van der Waals surface area (Å²) in [6.07, 6.45) is 6.44. The molecule has 3 N–H and O–H groups in total. The Morgan fingerprint density at radius 1 is 1.60 bits per heavy atom. The molecule has 4 heteroatoms. The van der Waals surface area contributed by atoms with Gasteiger partial charge >= 0.3 is 5.97 Å². The highest BCUT2D eigenvalue weighted by Gasteiger charge is 2.19. The number of hydrogen-bond acceptors (Lipinski definition) is 3. The van der Waals surface area contributed by atoms with E-state index in [1.807, 2.05) is 0 Å². The first-order valence-corrected chi connectivity index (χ1v) is 5.32. The molecule has 0 radical (unpaired) electrons. The third-order valence-electron chi connectivity index (χ3n) is 2.86. The Balaban J connectivity index is 2.19. The number of ether oxygens (including phenoxy) is 1. The normalized spacial score (nSPS) is 27.6. The molecule has 0 fully saturated rings. The van der Waals surface area contributed by atoms with Gasteiger partial charge in [-0.3, -0.25) is 4.79 Å². The second kappa shape index (κ2) is 5.88. The Labute approximate surface area is 90.1 Å². The van der Waals surface area contributed by atoms with Crippen LogP contribution in [0.3, 0.4) is 0 Å². The SMILES string of the molecule is CC1CC=CCC1COCC(N)C(=O)O. The minimum Gasteiger partial charge on any atom is -0.480 e. The van der Waals surface area contributed by atoms with Crippen molar-refractivity contribution in [1.82, 2.24) is 0 Å². The molecule has 0 saturated heterocycles. The molecule has 1 rings (SSSR count). The van der Waals surface area contributed by atoms with Gasteiger partial charge in [-0.05, 0) is 24.7 Å². The second-order valence-electron chi connectivity index (χ2n) is 4.16. The lowest BCUT2D eigenvalue weighted by molar-refractivity contribution is -0.140. The quantitative estimate of drug-likeness (QED) is 0.669. The number of allylic oxidation sites excluding steroid dienone is 2. The van der Waals surface area contributed by atoms with Crippen molar-refractivity contribution in [1.29, 1.82) is 0 Å². The Bertz CT molecular complexity index is 240. The molecule has 0 aliphatic heterocycles. The number of carboxylic acids is 1. The molecule has 0 aromatic carbocycles. The molecule has 0 aromatic heterocycles. The molecule has 0 aromatic rings. The van der Waals surface area contributed by atoms with E-state index in [1.54, 1.807) is 0 Å². The highest BCUT2D eigenvalue weighted by Crippen LogP contribution is 2.24. The molecule has 0 spiro atoms. The van der Waals surface area contributed by atoms with Crippen molar-refractivity contribution in [2.24, 2.45) is 17.6 Å². The summed E-state index contributed by atoms with van der Waals surface area (Å²) < 4.78 is 5.33. The Hall–Kier alpha value is -0.870. The van der Waals surface area contributed by atoms with E-state index in [-0.39, 0.29) is 6.61 Å². The summed E-state index contributed by atoms with van der Waals surface area (Å²) in [4.78, 5) is 10.4. The molecule has 0 bridgehead atoms. The third kappa shape index (κ3) is 4.01. The minimum atomic E-state index is -1.01. The standard InChI is InChI=1S/C11H19NO3/c1-8-4-2-3-5-9(8)6-15-7-10(12)11(13)14/h2-3,8-10H,4-7,12H2,1H3,(H,13,14). The maximum atomic E-state index is 10.4. The van der Waals surface area contributed by atoms with Crippen LogP contribution in [0.1, 0.15) is 19.8 Å². The van der Waals surface area contributed by atoms with Gasteiger partial charge in [-0.2, -0.15) is 0 Å². The summed E-state index contributed by atoms with van der Waals surface area (Å²) >= 11 is 0. The van der Waals surface area contributed by atoms with Gasteiger partial charge in [0.25, 0.3) is 0 Å². The lowest BCUT2D eigenvalue weighted by Gasteiger charge is -2.25. The van der Waals surface area contributed by atoms with Gasteiger partial charge in [0.05, 0.1) is 13.2 Å². The van der Waals surface area contributed by atoms with Gasteiger partial charge in [-0.15, -0.1) is 0 Å². The van der Waals surface area contributed by atoms with Crippen molar-refractivity contribution in [2.75, 3.05) is 13.2 Å². The molecule has 4 nitrogen and oxygen atoms in total. The molecule has 0 heterocycles. The predicted octanol–water partition coefficient (Wildman–Crippen LogP) is 1.02. The number of carbonyl (C=O) groups is 1. The van der Waals surface area contributed by atoms with Gasteiger partial charge in [0.1, 0.15) is 6.04 Å². The number of nitrogens with two attached hydrogens (primary N) is 1. The zero-order chi connectivity index (χ0) is 11.3. The first kappa shape index (κ1) is 12.2. The Morgan fingerprint density at radius 2 is 2.27 bits per heavy atom. The van der Waals surface area contributed by atoms with Crippen LogP contribution in [-0.4, -0.2) is 30.3 Å². The lowest BCUT2D eigenvalue weighted by atomic mass is 9.85. The molecular weight excluding hydrogens is 194 g/mol. The fourth-order valence-corrected chi connectivity index (χ4v) is 1.66. The van der Waals surface area contributed by atoms with Crippen molar-refractivity contribution in [3.05, 3.63) is 12.2 Å². The molecule has 0 saturated carbocycles. The zero-order valence-corrected chi connectivity index (χ0v) is 9.06. The van der Waals surface area contributed by atoms with E-state index in [1.165, 1.54) is 0 Å². The highest BCUT2D eigenvalue weighted by molar-refractivity contribution is 5.73. The van der Waals surface area contributed by atoms with Crippen molar-refractivity contribution < 1.29 is 14.6 Å². The van der Waals surface area contributed by atoms with E-state index in [4.69, 9.17) is 15.6 Å². The van der Waals surface area contributed by atoms with Crippen LogP contribution >= 0.6 is 0 Å². The first-order chi connectivity index (χ1) is 7.11. The molecule has 15 heavy (non-hydrogen) atoms.